The highest BCUT2D eigenvalue weighted by molar-refractivity contribution is 7.47. The molecule has 73 heavy (non-hydrogen) atoms. The van der Waals surface area contributed by atoms with Gasteiger partial charge in [-0.25, -0.2) is 4.57 Å². The molecule has 0 radical (unpaired) electrons. The summed E-state index contributed by atoms with van der Waals surface area (Å²) in [4.78, 5) is 36.0. The van der Waals surface area contributed by atoms with Crippen LogP contribution >= 0.6 is 7.82 Å². The Morgan fingerprint density at radius 3 is 1.59 bits per heavy atom. The summed E-state index contributed by atoms with van der Waals surface area (Å²) in [6.07, 6.45) is 21.3. The van der Waals surface area contributed by atoms with Crippen molar-refractivity contribution in [2.75, 3.05) is 46.1 Å². The van der Waals surface area contributed by atoms with Crippen LogP contribution in [0.5, 0.6) is 0 Å². The molecule has 11 atom stereocenters. The van der Waals surface area contributed by atoms with Crippen molar-refractivity contribution < 1.29 is 87.9 Å². The van der Waals surface area contributed by atoms with Crippen LogP contribution < -0.4 is 5.32 Å². The average molecular weight is 1070 g/mol. The third-order valence-corrected chi connectivity index (χ3v) is 13.7. The Kier molecular flexibility index (Phi) is 42.7. The number of hydrogen-bond acceptors (Lipinski definition) is 18. The summed E-state index contributed by atoms with van der Waals surface area (Å²) in [5.74, 6) is -1.05. The van der Waals surface area contributed by atoms with E-state index in [9.17, 15) is 59.9 Å². The monoisotopic (exact) mass is 1070 g/mol. The Balaban J connectivity index is 2.59. The highest BCUT2D eigenvalue weighted by atomic mass is 31.2. The van der Waals surface area contributed by atoms with Crippen LogP contribution in [0.1, 0.15) is 194 Å². The predicted molar refractivity (Wildman–Crippen MR) is 278 cm³/mol. The summed E-state index contributed by atoms with van der Waals surface area (Å²) in [5, 5.41) is 83.8. The molecule has 0 saturated carbocycles. The topological polar surface area (TPSA) is 301 Å². The van der Waals surface area contributed by atoms with Crippen LogP contribution in [0.3, 0.4) is 0 Å². The van der Waals surface area contributed by atoms with E-state index in [1.165, 1.54) is 77.0 Å². The number of esters is 2. The average Bonchev–Trinajstić information content (AvgIpc) is 3.37. The molecule has 0 aromatic heterocycles. The van der Waals surface area contributed by atoms with Gasteiger partial charge in [0.1, 0.15) is 49.3 Å². The number of nitrogens with one attached hydrogen (secondary N) is 1. The zero-order valence-corrected chi connectivity index (χ0v) is 45.4. The van der Waals surface area contributed by atoms with E-state index < -0.39 is 121 Å². The molecule has 1 heterocycles. The van der Waals surface area contributed by atoms with Gasteiger partial charge in [-0.05, 0) is 64.2 Å². The van der Waals surface area contributed by atoms with Crippen molar-refractivity contribution in [3.63, 3.8) is 0 Å². The van der Waals surface area contributed by atoms with E-state index in [1.807, 2.05) is 0 Å². The number of unbranched alkanes of at least 4 members (excludes halogenated alkanes) is 22. The van der Waals surface area contributed by atoms with E-state index in [0.29, 0.717) is 12.8 Å². The van der Waals surface area contributed by atoms with E-state index in [4.69, 9.17) is 28.0 Å². The summed E-state index contributed by atoms with van der Waals surface area (Å²) in [5.41, 5.74) is 0. The van der Waals surface area contributed by atoms with Crippen LogP contribution in [0, 0.1) is 0 Å². The molecule has 0 amide bonds. The number of aliphatic hydroxyl groups is 8. The Morgan fingerprint density at radius 1 is 0.616 bits per heavy atom. The van der Waals surface area contributed by atoms with Crippen LogP contribution in [0.15, 0.2) is 24.3 Å². The van der Waals surface area contributed by atoms with Gasteiger partial charge in [-0.2, -0.15) is 0 Å². The number of hydrogen-bond donors (Lipinski definition) is 10. The number of carbonyl (C=O) groups excluding carboxylic acids is 2. The fourth-order valence-electron chi connectivity index (χ4n) is 8.17. The van der Waals surface area contributed by atoms with Gasteiger partial charge in [0.2, 0.25) is 0 Å². The quantitative estimate of drug-likeness (QED) is 0.0135. The van der Waals surface area contributed by atoms with Gasteiger partial charge < -0.3 is 70.0 Å². The molecule has 0 bridgehead atoms. The smallest absolute Gasteiger partial charge is 0.462 e. The van der Waals surface area contributed by atoms with Crippen molar-refractivity contribution in [3.8, 4) is 0 Å². The maximum absolute atomic E-state index is 12.9. The number of phosphoric acid groups is 1. The Morgan fingerprint density at radius 2 is 1.10 bits per heavy atom. The van der Waals surface area contributed by atoms with E-state index in [-0.39, 0.29) is 19.4 Å². The van der Waals surface area contributed by atoms with E-state index in [1.54, 1.807) is 0 Å². The number of rotatable bonds is 49. The molecule has 0 aromatic carbocycles. The van der Waals surface area contributed by atoms with E-state index in [2.05, 4.69) is 43.5 Å². The van der Waals surface area contributed by atoms with Crippen molar-refractivity contribution in [2.45, 2.75) is 255 Å². The molecular formula is C53H100NO18P. The van der Waals surface area contributed by atoms with Gasteiger partial charge in [-0.1, -0.05) is 141 Å². The highest BCUT2D eigenvalue weighted by Crippen LogP contribution is 2.43. The number of carbonyl (C=O) groups is 2. The van der Waals surface area contributed by atoms with Crippen molar-refractivity contribution in [1.29, 1.82) is 0 Å². The van der Waals surface area contributed by atoms with Gasteiger partial charge >= 0.3 is 19.8 Å². The highest BCUT2D eigenvalue weighted by Gasteiger charge is 2.47. The minimum Gasteiger partial charge on any atom is -0.462 e. The molecule has 0 aliphatic carbocycles. The summed E-state index contributed by atoms with van der Waals surface area (Å²) in [6.45, 7) is 0.659. The second-order valence-electron chi connectivity index (χ2n) is 19.4. The molecule has 7 unspecified atom stereocenters. The van der Waals surface area contributed by atoms with Crippen molar-refractivity contribution in [2.24, 2.45) is 0 Å². The van der Waals surface area contributed by atoms with Crippen molar-refractivity contribution >= 4 is 19.8 Å². The first-order valence-corrected chi connectivity index (χ1v) is 29.3. The molecule has 0 aromatic rings. The third-order valence-electron chi connectivity index (χ3n) is 12.8. The first-order valence-electron chi connectivity index (χ1n) is 27.8. The maximum Gasteiger partial charge on any atom is 0.472 e. The minimum absolute atomic E-state index is 0.108. The summed E-state index contributed by atoms with van der Waals surface area (Å²) < 4.78 is 44.6. The lowest BCUT2D eigenvalue weighted by atomic mass is 9.98. The third kappa shape index (κ3) is 35.2. The predicted octanol–water partition coefficient (Wildman–Crippen LogP) is 6.50. The van der Waals surface area contributed by atoms with Crippen LogP contribution in [0.4, 0.5) is 0 Å². The molecular weight excluding hydrogens is 970 g/mol. The fraction of sp³-hybridized carbons (Fsp3) is 0.887. The van der Waals surface area contributed by atoms with Gasteiger partial charge in [0.25, 0.3) is 0 Å². The zero-order valence-electron chi connectivity index (χ0n) is 44.5. The van der Waals surface area contributed by atoms with Gasteiger partial charge in [0.15, 0.2) is 12.4 Å². The number of ether oxygens (including phenoxy) is 4. The van der Waals surface area contributed by atoms with Gasteiger partial charge in [0, 0.05) is 25.9 Å². The molecule has 1 fully saturated rings. The molecule has 20 heteroatoms. The van der Waals surface area contributed by atoms with Crippen LogP contribution in [-0.2, 0) is 42.1 Å². The second-order valence-corrected chi connectivity index (χ2v) is 20.8. The Bertz CT molecular complexity index is 1440. The fourth-order valence-corrected chi connectivity index (χ4v) is 8.93. The molecule has 1 saturated heterocycles. The first kappa shape index (κ1) is 69.1. The summed E-state index contributed by atoms with van der Waals surface area (Å²) in [7, 11) is -4.76. The normalized spacial score (nSPS) is 21.3. The number of phosphoric ester groups is 1. The van der Waals surface area contributed by atoms with Crippen LogP contribution in [-0.4, -0.2) is 165 Å². The lowest BCUT2D eigenvalue weighted by Gasteiger charge is -2.42. The summed E-state index contributed by atoms with van der Waals surface area (Å²) >= 11 is 0. The molecule has 430 valence electrons. The molecule has 0 spiro atoms. The molecule has 19 nitrogen and oxygen atoms in total. The maximum atomic E-state index is 12.9. The van der Waals surface area contributed by atoms with Gasteiger partial charge in [0.05, 0.1) is 32.5 Å². The van der Waals surface area contributed by atoms with Gasteiger partial charge in [-0.15, -0.1) is 0 Å². The molecule has 1 aliphatic rings. The lowest BCUT2D eigenvalue weighted by Crippen LogP contribution is -2.61. The molecule has 1 rings (SSSR count). The standard InChI is InChI=1S/C53H100NO18P/c1-3-5-7-9-11-13-15-17-19-21-23-25-27-29-31-33-46(59)67-40-42(70-47(60)34-32-30-28-26-24-22-20-18-16-14-12-10-8-6-4-2)41-69-73(65,66)68-36-35-54-37-43(57)48(61)52(44(58)38-55)72-53-51(64)50(63)49(62)45(39-56)71-53/h17-20,42-45,48-58,61-64H,3-16,21-41H2,1-2H3,(H,65,66)/b19-17-,20-18-/t42-,43?,44?,45?,48?,49+,50?,51?,52-,53+/m1/s1. The first-order chi connectivity index (χ1) is 35.2. The largest absolute Gasteiger partial charge is 0.472 e. The van der Waals surface area contributed by atoms with E-state index in [0.717, 1.165) is 77.0 Å². The Labute approximate surface area is 437 Å². The van der Waals surface area contributed by atoms with Crippen LogP contribution in [0.25, 0.3) is 0 Å². The molecule has 1 aliphatic heterocycles. The van der Waals surface area contributed by atoms with E-state index >= 15 is 0 Å². The number of aliphatic hydroxyl groups excluding tert-OH is 8. The summed E-state index contributed by atoms with van der Waals surface area (Å²) in [6, 6.07) is 0. The van der Waals surface area contributed by atoms with Crippen molar-refractivity contribution in [1.82, 2.24) is 5.32 Å². The number of allylic oxidation sites excluding steroid dienone is 4. The second kappa shape index (κ2) is 45.1. The molecule has 10 N–H and O–H groups in total. The zero-order chi connectivity index (χ0) is 54.0. The lowest BCUT2D eigenvalue weighted by molar-refractivity contribution is -0.327. The minimum atomic E-state index is -4.76. The van der Waals surface area contributed by atoms with Crippen LogP contribution in [0.2, 0.25) is 0 Å². The van der Waals surface area contributed by atoms with Crippen molar-refractivity contribution in [3.05, 3.63) is 24.3 Å². The Hall–Kier alpha value is -1.91. The van der Waals surface area contributed by atoms with Gasteiger partial charge in [-0.3, -0.25) is 18.6 Å². The SMILES string of the molecule is CCCCCCCC/C=C\CCCCCCCC(=O)OC[C@H](COP(=O)(O)OCCNCC(O)C(O)[C@H](O[C@@H]1OC(CO)[C@H](O)C(O)C1O)C(O)CO)OC(=O)CCCCCCC/C=C\CCCCCCCC.